The molecule has 116 valence electrons. The number of methoxy groups -OCH3 is 2. The van der Waals surface area contributed by atoms with Gasteiger partial charge in [0.1, 0.15) is 18.0 Å². The third-order valence-electron chi connectivity index (χ3n) is 3.27. The monoisotopic (exact) mass is 320 g/mol. The number of thiocarbonyl (C=S) groups is 1. The summed E-state index contributed by atoms with van der Waals surface area (Å²) in [6.45, 7) is -0.104. The minimum Gasteiger partial charge on any atom is -0.497 e. The Morgan fingerprint density at radius 2 is 1.91 bits per heavy atom. The van der Waals surface area contributed by atoms with Gasteiger partial charge in [-0.25, -0.2) is 0 Å². The van der Waals surface area contributed by atoms with E-state index in [9.17, 15) is 9.59 Å². The van der Waals surface area contributed by atoms with E-state index in [0.29, 0.717) is 5.70 Å². The second kappa shape index (κ2) is 6.57. The Morgan fingerprint density at radius 1 is 1.27 bits per heavy atom. The number of carbonyl (C=O) groups excluding carboxylic acids is 2. The average molecular weight is 320 g/mol. The second-order valence-electron chi connectivity index (χ2n) is 4.61. The molecule has 1 aromatic carbocycles. The molecule has 0 atom stereocenters. The number of likely N-dealkylation sites (N-methyl/N-ethyl adjacent to an activating group) is 1. The number of rotatable bonds is 4. The normalized spacial score (nSPS) is 16.4. The van der Waals surface area contributed by atoms with E-state index in [4.69, 9.17) is 17.0 Å². The van der Waals surface area contributed by atoms with Crippen LogP contribution >= 0.6 is 12.2 Å². The van der Waals surface area contributed by atoms with Gasteiger partial charge in [0.05, 0.1) is 14.2 Å². The Bertz CT molecular complexity index is 639. The van der Waals surface area contributed by atoms with Crippen LogP contribution in [0.3, 0.4) is 0 Å². The molecule has 22 heavy (non-hydrogen) atoms. The summed E-state index contributed by atoms with van der Waals surface area (Å²) in [6, 6.07) is 7.21. The Balaban J connectivity index is 2.34. The Kier molecular flexibility index (Phi) is 4.77. The number of amides is 1. The Hall–Kier alpha value is -2.41. The van der Waals surface area contributed by atoms with Gasteiger partial charge in [-0.05, 0) is 36.0 Å². The second-order valence-corrected chi connectivity index (χ2v) is 4.98. The first-order valence-corrected chi connectivity index (χ1v) is 6.91. The van der Waals surface area contributed by atoms with E-state index in [1.165, 1.54) is 16.9 Å². The summed E-state index contributed by atoms with van der Waals surface area (Å²) in [6.07, 6.45) is 1.68. The van der Waals surface area contributed by atoms with E-state index in [-0.39, 0.29) is 17.6 Å². The summed E-state index contributed by atoms with van der Waals surface area (Å²) in [5.74, 6) is -0.00486. The van der Waals surface area contributed by atoms with Crippen LogP contribution in [0, 0.1) is 0 Å². The highest BCUT2D eigenvalue weighted by molar-refractivity contribution is 7.80. The van der Waals surface area contributed by atoms with E-state index in [2.05, 4.69) is 4.74 Å². The van der Waals surface area contributed by atoms with Crippen molar-refractivity contribution in [1.82, 2.24) is 9.80 Å². The fourth-order valence-electron chi connectivity index (χ4n) is 2.00. The average Bonchev–Trinajstić information content (AvgIpc) is 2.73. The summed E-state index contributed by atoms with van der Waals surface area (Å²) >= 11 is 5.20. The summed E-state index contributed by atoms with van der Waals surface area (Å²) in [5.41, 5.74) is 1.14. The van der Waals surface area contributed by atoms with Crippen LogP contribution in [0.5, 0.6) is 5.75 Å². The highest BCUT2D eigenvalue weighted by atomic mass is 32.1. The Morgan fingerprint density at radius 3 is 2.45 bits per heavy atom. The number of carbonyl (C=O) groups is 2. The number of benzene rings is 1. The number of ether oxygens (including phenoxy) is 2. The lowest BCUT2D eigenvalue weighted by molar-refractivity contribution is -0.140. The van der Waals surface area contributed by atoms with Crippen LogP contribution in [0.25, 0.3) is 6.08 Å². The highest BCUT2D eigenvalue weighted by Crippen LogP contribution is 2.23. The third kappa shape index (κ3) is 3.09. The minimum absolute atomic E-state index is 0.104. The van der Waals surface area contributed by atoms with Crippen molar-refractivity contribution in [3.63, 3.8) is 0 Å². The van der Waals surface area contributed by atoms with Crippen LogP contribution < -0.4 is 4.74 Å². The van der Waals surface area contributed by atoms with Crippen LogP contribution in [0.4, 0.5) is 0 Å². The molecule has 0 aliphatic carbocycles. The molecule has 0 N–H and O–H groups in total. The van der Waals surface area contributed by atoms with Gasteiger partial charge >= 0.3 is 5.97 Å². The van der Waals surface area contributed by atoms with E-state index < -0.39 is 5.97 Å². The van der Waals surface area contributed by atoms with Crippen molar-refractivity contribution in [2.75, 3.05) is 27.8 Å². The molecule has 0 aromatic heterocycles. The van der Waals surface area contributed by atoms with Gasteiger partial charge in [-0.15, -0.1) is 0 Å². The molecule has 1 saturated heterocycles. The Labute approximate surface area is 133 Å². The van der Waals surface area contributed by atoms with Crippen molar-refractivity contribution in [2.45, 2.75) is 0 Å². The van der Waals surface area contributed by atoms with E-state index in [0.717, 1.165) is 11.3 Å². The first kappa shape index (κ1) is 16.0. The lowest BCUT2D eigenvalue weighted by Gasteiger charge is -2.16. The van der Waals surface area contributed by atoms with Gasteiger partial charge in [0.2, 0.25) is 0 Å². The highest BCUT2D eigenvalue weighted by Gasteiger charge is 2.36. The first-order chi connectivity index (χ1) is 10.5. The summed E-state index contributed by atoms with van der Waals surface area (Å²) in [7, 11) is 4.45. The zero-order chi connectivity index (χ0) is 16.3. The van der Waals surface area contributed by atoms with Gasteiger partial charge in [0.15, 0.2) is 5.11 Å². The van der Waals surface area contributed by atoms with Crippen LogP contribution in [-0.4, -0.2) is 54.6 Å². The molecule has 0 saturated carbocycles. The lowest BCUT2D eigenvalue weighted by Crippen LogP contribution is -2.33. The molecular formula is C15H16N2O4S. The van der Waals surface area contributed by atoms with Gasteiger partial charge < -0.3 is 14.4 Å². The number of nitrogens with zero attached hydrogens (tertiary/aromatic N) is 2. The van der Waals surface area contributed by atoms with Gasteiger partial charge in [-0.1, -0.05) is 12.1 Å². The molecule has 7 heteroatoms. The van der Waals surface area contributed by atoms with Gasteiger partial charge in [0.25, 0.3) is 5.91 Å². The lowest BCUT2D eigenvalue weighted by atomic mass is 10.1. The zero-order valence-corrected chi connectivity index (χ0v) is 13.3. The molecule has 1 aliphatic rings. The maximum Gasteiger partial charge on any atom is 0.325 e. The van der Waals surface area contributed by atoms with Gasteiger partial charge in [-0.2, -0.15) is 0 Å². The number of hydrogen-bond donors (Lipinski definition) is 0. The standard InChI is InChI=1S/C15H16N2O4S/c1-16-14(19)12(17(15(16)22)9-13(18)21-3)8-10-4-6-11(20-2)7-5-10/h4-8H,9H2,1-3H3/b12-8-. The van der Waals surface area contributed by atoms with E-state index in [1.807, 2.05) is 12.1 Å². The van der Waals surface area contributed by atoms with E-state index in [1.54, 1.807) is 32.4 Å². The zero-order valence-electron chi connectivity index (χ0n) is 12.5. The van der Waals surface area contributed by atoms with Crippen molar-refractivity contribution in [1.29, 1.82) is 0 Å². The molecule has 0 bridgehead atoms. The molecule has 1 heterocycles. The summed E-state index contributed by atoms with van der Waals surface area (Å²) < 4.78 is 9.74. The largest absolute Gasteiger partial charge is 0.497 e. The molecule has 6 nitrogen and oxygen atoms in total. The van der Waals surface area contributed by atoms with Crippen molar-refractivity contribution >= 4 is 35.3 Å². The van der Waals surface area contributed by atoms with E-state index >= 15 is 0 Å². The maximum atomic E-state index is 12.3. The third-order valence-corrected chi connectivity index (χ3v) is 3.76. The molecular weight excluding hydrogens is 304 g/mol. The van der Waals surface area contributed by atoms with Crippen molar-refractivity contribution in [3.8, 4) is 5.75 Å². The van der Waals surface area contributed by atoms with Crippen molar-refractivity contribution in [2.24, 2.45) is 0 Å². The molecule has 2 rings (SSSR count). The molecule has 1 amide bonds. The SMILES string of the molecule is COC(=O)CN1C(=S)N(C)C(=O)/C1=C/c1ccc(OC)cc1. The molecule has 0 unspecified atom stereocenters. The smallest absolute Gasteiger partial charge is 0.325 e. The van der Waals surface area contributed by atoms with Crippen LogP contribution in [0.15, 0.2) is 30.0 Å². The summed E-state index contributed by atoms with van der Waals surface area (Å²) in [5, 5.41) is 0.273. The number of esters is 1. The first-order valence-electron chi connectivity index (χ1n) is 6.50. The molecule has 1 aromatic rings. The topological polar surface area (TPSA) is 59.1 Å². The fourth-order valence-corrected chi connectivity index (χ4v) is 2.25. The van der Waals surface area contributed by atoms with Crippen molar-refractivity contribution in [3.05, 3.63) is 35.5 Å². The predicted molar refractivity (Wildman–Crippen MR) is 85.1 cm³/mol. The fraction of sp³-hybridized carbons (Fsp3) is 0.267. The van der Waals surface area contributed by atoms with Crippen molar-refractivity contribution < 1.29 is 19.1 Å². The molecule has 0 radical (unpaired) electrons. The van der Waals surface area contributed by atoms with Gasteiger partial charge in [-0.3, -0.25) is 14.5 Å². The molecule has 1 fully saturated rings. The molecule has 1 aliphatic heterocycles. The quantitative estimate of drug-likeness (QED) is 0.473. The van der Waals surface area contributed by atoms with Crippen LogP contribution in [0.2, 0.25) is 0 Å². The minimum atomic E-state index is -0.467. The van der Waals surface area contributed by atoms with Crippen LogP contribution in [0.1, 0.15) is 5.56 Å². The summed E-state index contributed by atoms with van der Waals surface area (Å²) in [4.78, 5) is 26.6. The van der Waals surface area contributed by atoms with Crippen LogP contribution in [-0.2, 0) is 14.3 Å². The number of hydrogen-bond acceptors (Lipinski definition) is 5. The predicted octanol–water partition coefficient (Wildman–Crippen LogP) is 1.27. The molecule has 0 spiro atoms. The maximum absolute atomic E-state index is 12.3. The van der Waals surface area contributed by atoms with Gasteiger partial charge in [0, 0.05) is 7.05 Å².